The Kier molecular flexibility index (Phi) is 6.30. The molecule has 0 spiro atoms. The summed E-state index contributed by atoms with van der Waals surface area (Å²) in [6, 6.07) is 14.3. The van der Waals surface area contributed by atoms with Gasteiger partial charge in [-0.3, -0.25) is 14.7 Å². The second kappa shape index (κ2) is 9.14. The average molecular weight is 436 g/mol. The molecule has 168 valence electrons. The molecule has 0 saturated carbocycles. The van der Waals surface area contributed by atoms with E-state index in [1.54, 1.807) is 43.7 Å². The summed E-state index contributed by atoms with van der Waals surface area (Å²) in [4.78, 5) is 20.3. The van der Waals surface area contributed by atoms with Gasteiger partial charge in [-0.15, -0.1) is 0 Å². The highest BCUT2D eigenvalue weighted by atomic mass is 16.5. The van der Waals surface area contributed by atoms with Crippen LogP contribution in [0.4, 0.5) is 0 Å². The molecular weight excluding hydrogens is 406 g/mol. The van der Waals surface area contributed by atoms with Crippen LogP contribution >= 0.6 is 0 Å². The summed E-state index contributed by atoms with van der Waals surface area (Å²) in [5.74, 6) is 0.458. The third kappa shape index (κ3) is 4.26. The van der Waals surface area contributed by atoms with Crippen LogP contribution in [0.25, 0.3) is 16.5 Å². The van der Waals surface area contributed by atoms with E-state index in [-0.39, 0.29) is 17.0 Å². The number of aliphatic imine (C=N–C) groups is 1. The van der Waals surface area contributed by atoms with Gasteiger partial charge in [0.2, 0.25) is 5.88 Å². The van der Waals surface area contributed by atoms with E-state index < -0.39 is 0 Å². The smallest absolute Gasteiger partial charge is 0.265 e. The van der Waals surface area contributed by atoms with Gasteiger partial charge in [0, 0.05) is 41.7 Å². The fourth-order valence-corrected chi connectivity index (χ4v) is 4.11. The van der Waals surface area contributed by atoms with E-state index in [0.29, 0.717) is 34.3 Å². The number of nitrogens with zero attached hydrogens (tertiary/aromatic N) is 3. The van der Waals surface area contributed by atoms with E-state index in [1.807, 2.05) is 18.2 Å². The minimum atomic E-state index is -0.294. The normalized spacial score (nSPS) is 15.5. The summed E-state index contributed by atoms with van der Waals surface area (Å²) < 4.78 is 12.1. The van der Waals surface area contributed by atoms with Gasteiger partial charge >= 0.3 is 0 Å². The average Bonchev–Trinajstić information content (AvgIpc) is 2.82. The van der Waals surface area contributed by atoms with Gasteiger partial charge in [-0.25, -0.2) is 4.57 Å². The molecule has 0 unspecified atom stereocenters. The molecule has 0 amide bonds. The van der Waals surface area contributed by atoms with Gasteiger partial charge in [0.1, 0.15) is 5.75 Å². The zero-order valence-corrected chi connectivity index (χ0v) is 18.7. The summed E-state index contributed by atoms with van der Waals surface area (Å²) in [7, 11) is 1.57. The standard InChI is InChI=1S/C25H29N3O4/c1-25(2,27-11-13-32-14-12-27)17-26-16-22-20-9-4-5-10-21(20)23(29)28(24(22)30)18-7-6-8-19(15-18)31-3/h4-10,15-16,30H,11-14,17H2,1-3H3. The topological polar surface area (TPSA) is 76.3 Å². The van der Waals surface area contributed by atoms with E-state index in [2.05, 4.69) is 18.7 Å². The predicted molar refractivity (Wildman–Crippen MR) is 127 cm³/mol. The first kappa shape index (κ1) is 22.0. The quantitative estimate of drug-likeness (QED) is 0.602. The van der Waals surface area contributed by atoms with E-state index in [4.69, 9.17) is 14.5 Å². The van der Waals surface area contributed by atoms with Crippen LogP contribution in [0.5, 0.6) is 11.6 Å². The SMILES string of the molecule is COc1cccc(-n2c(O)c(C=NCC(C)(C)N3CCOCC3)c3ccccc3c2=O)c1. The number of hydrogen-bond acceptors (Lipinski definition) is 6. The Hall–Kier alpha value is -3.16. The number of fused-ring (bicyclic) bond motifs is 1. The summed E-state index contributed by atoms with van der Waals surface area (Å²) >= 11 is 0. The first-order chi connectivity index (χ1) is 15.4. The van der Waals surface area contributed by atoms with Crippen LogP contribution in [0.2, 0.25) is 0 Å². The van der Waals surface area contributed by atoms with Crippen molar-refractivity contribution in [1.29, 1.82) is 0 Å². The van der Waals surface area contributed by atoms with Crippen molar-refractivity contribution in [3.8, 4) is 17.3 Å². The van der Waals surface area contributed by atoms with Crippen LogP contribution in [0.3, 0.4) is 0 Å². The first-order valence-corrected chi connectivity index (χ1v) is 10.8. The maximum Gasteiger partial charge on any atom is 0.265 e. The Morgan fingerprint density at radius 3 is 2.56 bits per heavy atom. The number of ether oxygens (including phenoxy) is 2. The van der Waals surface area contributed by atoms with Crippen molar-refractivity contribution in [2.45, 2.75) is 19.4 Å². The third-order valence-electron chi connectivity index (χ3n) is 5.98. The van der Waals surface area contributed by atoms with E-state index in [9.17, 15) is 9.90 Å². The molecule has 4 rings (SSSR count). The predicted octanol–water partition coefficient (Wildman–Crippen LogP) is 3.23. The van der Waals surface area contributed by atoms with Crippen molar-refractivity contribution >= 4 is 17.0 Å². The third-order valence-corrected chi connectivity index (χ3v) is 5.98. The molecule has 1 aromatic heterocycles. The number of morpholine rings is 1. The zero-order valence-electron chi connectivity index (χ0n) is 18.7. The van der Waals surface area contributed by atoms with Crippen LogP contribution in [0, 0.1) is 0 Å². The number of methoxy groups -OCH3 is 1. The summed E-state index contributed by atoms with van der Waals surface area (Å²) in [6.07, 6.45) is 1.68. The van der Waals surface area contributed by atoms with Crippen molar-refractivity contribution in [2.24, 2.45) is 4.99 Å². The fourth-order valence-electron chi connectivity index (χ4n) is 4.11. The lowest BCUT2D eigenvalue weighted by Crippen LogP contribution is -2.51. The summed E-state index contributed by atoms with van der Waals surface area (Å²) in [5, 5.41) is 12.4. The van der Waals surface area contributed by atoms with Gasteiger partial charge in [-0.05, 0) is 32.0 Å². The molecule has 1 fully saturated rings. The van der Waals surface area contributed by atoms with Gasteiger partial charge < -0.3 is 14.6 Å². The molecular formula is C25H29N3O4. The van der Waals surface area contributed by atoms with Crippen molar-refractivity contribution in [1.82, 2.24) is 9.47 Å². The van der Waals surface area contributed by atoms with E-state index >= 15 is 0 Å². The highest BCUT2D eigenvalue weighted by Crippen LogP contribution is 2.27. The van der Waals surface area contributed by atoms with E-state index in [1.165, 1.54) is 4.57 Å². The monoisotopic (exact) mass is 435 g/mol. The molecule has 0 bridgehead atoms. The Morgan fingerprint density at radius 1 is 1.12 bits per heavy atom. The van der Waals surface area contributed by atoms with Crippen LogP contribution in [0.1, 0.15) is 19.4 Å². The molecule has 2 aromatic carbocycles. The molecule has 7 nitrogen and oxygen atoms in total. The maximum atomic E-state index is 13.2. The number of benzene rings is 2. The van der Waals surface area contributed by atoms with Crippen LogP contribution < -0.4 is 10.3 Å². The molecule has 1 aliphatic rings. The number of aromatic nitrogens is 1. The lowest BCUT2D eigenvalue weighted by Gasteiger charge is -2.39. The Morgan fingerprint density at radius 2 is 1.84 bits per heavy atom. The summed E-state index contributed by atoms with van der Waals surface area (Å²) in [5.41, 5.74) is 0.603. The number of rotatable bonds is 6. The summed E-state index contributed by atoms with van der Waals surface area (Å²) in [6.45, 7) is 8.07. The highest BCUT2D eigenvalue weighted by molar-refractivity contribution is 6.01. The van der Waals surface area contributed by atoms with Gasteiger partial charge in [-0.2, -0.15) is 0 Å². The Bertz CT molecular complexity index is 1190. The van der Waals surface area contributed by atoms with Crippen molar-refractivity contribution in [2.75, 3.05) is 40.0 Å². The fraction of sp³-hybridized carbons (Fsp3) is 0.360. The molecule has 1 N–H and O–H groups in total. The molecule has 1 aliphatic heterocycles. The van der Waals surface area contributed by atoms with Crippen molar-refractivity contribution in [3.63, 3.8) is 0 Å². The van der Waals surface area contributed by atoms with Gasteiger partial charge in [-0.1, -0.05) is 24.3 Å². The minimum absolute atomic E-state index is 0.144. The molecule has 0 radical (unpaired) electrons. The molecule has 32 heavy (non-hydrogen) atoms. The molecule has 2 heterocycles. The van der Waals surface area contributed by atoms with Crippen LogP contribution in [-0.4, -0.2) is 66.3 Å². The molecule has 7 heteroatoms. The lowest BCUT2D eigenvalue weighted by atomic mass is 10.0. The Balaban J connectivity index is 1.77. The van der Waals surface area contributed by atoms with E-state index in [0.717, 1.165) is 26.3 Å². The van der Waals surface area contributed by atoms with Crippen molar-refractivity contribution in [3.05, 3.63) is 64.4 Å². The molecule has 0 aliphatic carbocycles. The highest BCUT2D eigenvalue weighted by Gasteiger charge is 2.27. The number of hydrogen-bond donors (Lipinski definition) is 1. The number of aromatic hydroxyl groups is 1. The van der Waals surface area contributed by atoms with Gasteiger partial charge in [0.25, 0.3) is 5.56 Å². The van der Waals surface area contributed by atoms with Crippen LogP contribution in [-0.2, 0) is 4.74 Å². The lowest BCUT2D eigenvalue weighted by molar-refractivity contribution is -0.00676. The second-order valence-electron chi connectivity index (χ2n) is 8.51. The molecule has 3 aromatic rings. The molecule has 0 atom stereocenters. The first-order valence-electron chi connectivity index (χ1n) is 10.8. The zero-order chi connectivity index (χ0) is 22.7. The second-order valence-corrected chi connectivity index (χ2v) is 8.51. The maximum absolute atomic E-state index is 13.2. The van der Waals surface area contributed by atoms with Crippen molar-refractivity contribution < 1.29 is 14.6 Å². The molecule has 1 saturated heterocycles. The number of pyridine rings is 1. The van der Waals surface area contributed by atoms with Gasteiger partial charge in [0.15, 0.2) is 0 Å². The Labute approximate surface area is 187 Å². The largest absolute Gasteiger partial charge is 0.497 e. The van der Waals surface area contributed by atoms with Gasteiger partial charge in [0.05, 0.1) is 38.1 Å². The van der Waals surface area contributed by atoms with Crippen LogP contribution in [0.15, 0.2) is 58.3 Å². The minimum Gasteiger partial charge on any atom is -0.497 e.